The van der Waals surface area contributed by atoms with Gasteiger partial charge in [-0.25, -0.2) is 9.37 Å². The monoisotopic (exact) mass is 453 g/mol. The van der Waals surface area contributed by atoms with Crippen LogP contribution in [0.1, 0.15) is 24.4 Å². The molecule has 0 saturated heterocycles. The molecule has 10 heteroatoms. The molecule has 0 bridgehead atoms. The summed E-state index contributed by atoms with van der Waals surface area (Å²) in [5, 5.41) is 22.1. The van der Waals surface area contributed by atoms with Gasteiger partial charge < -0.3 is 19.9 Å². The Labute approximate surface area is 187 Å². The maximum atomic E-state index is 13.3. The largest absolute Gasteiger partial charge is 0.394 e. The summed E-state index contributed by atoms with van der Waals surface area (Å²) in [7, 11) is -0.128. The summed E-state index contributed by atoms with van der Waals surface area (Å²) in [6.45, 7) is 2.07. The topological polar surface area (TPSA) is 92.0 Å². The SMILES string of the molecule is C=S1CCc2nc(N3CCn4c(nnc4-c4ccc(F)cc4)C3)nc(NC3(CO)CC3)c21. The lowest BCUT2D eigenvalue weighted by atomic mass is 10.2. The first-order valence-corrected chi connectivity index (χ1v) is 12.3. The van der Waals surface area contributed by atoms with Gasteiger partial charge in [0.25, 0.3) is 0 Å². The van der Waals surface area contributed by atoms with Gasteiger partial charge in [0.1, 0.15) is 11.6 Å². The van der Waals surface area contributed by atoms with Crippen LogP contribution in [0, 0.1) is 5.82 Å². The second-order valence-corrected chi connectivity index (χ2v) is 10.5. The van der Waals surface area contributed by atoms with E-state index in [1.807, 2.05) is 0 Å². The molecule has 3 aromatic rings. The molecule has 32 heavy (non-hydrogen) atoms. The van der Waals surface area contributed by atoms with Crippen LogP contribution in [0.15, 0.2) is 29.2 Å². The second-order valence-electron chi connectivity index (χ2n) is 8.68. The molecule has 1 aliphatic carbocycles. The number of nitrogens with one attached hydrogen (secondary N) is 1. The Morgan fingerprint density at radius 1 is 1.16 bits per heavy atom. The molecule has 8 nitrogen and oxygen atoms in total. The number of anilines is 2. The highest BCUT2D eigenvalue weighted by molar-refractivity contribution is 8.14. The van der Waals surface area contributed by atoms with Gasteiger partial charge in [-0.3, -0.25) is 0 Å². The van der Waals surface area contributed by atoms with E-state index in [0.717, 1.165) is 65.2 Å². The first kappa shape index (κ1) is 19.8. The lowest BCUT2D eigenvalue weighted by Crippen LogP contribution is -2.36. The van der Waals surface area contributed by atoms with Gasteiger partial charge in [-0.05, 0) is 49.3 Å². The van der Waals surface area contributed by atoms with E-state index in [0.29, 0.717) is 19.0 Å². The molecule has 0 amide bonds. The predicted octanol–water partition coefficient (Wildman–Crippen LogP) is 2.45. The van der Waals surface area contributed by atoms with Gasteiger partial charge in [0.15, 0.2) is 11.6 Å². The van der Waals surface area contributed by atoms with Crippen molar-refractivity contribution < 1.29 is 9.50 Å². The van der Waals surface area contributed by atoms with Crippen LogP contribution in [0.2, 0.25) is 0 Å². The third kappa shape index (κ3) is 3.29. The lowest BCUT2D eigenvalue weighted by Gasteiger charge is -2.29. The van der Waals surface area contributed by atoms with E-state index in [9.17, 15) is 9.50 Å². The van der Waals surface area contributed by atoms with Crippen LogP contribution in [0.25, 0.3) is 11.4 Å². The standard InChI is InChI=1S/C22H24FN7OS/c1-32-11-6-16-18(32)19(26-22(13-31)7-8-22)25-21(24-16)29-9-10-30-17(12-29)27-28-20(30)14-2-4-15(23)5-3-14/h2-5,31H,1,6-13H2,(H,24,25,26). The number of aryl methyl sites for hydroxylation is 1. The van der Waals surface area contributed by atoms with Crippen molar-refractivity contribution in [1.29, 1.82) is 0 Å². The van der Waals surface area contributed by atoms with E-state index >= 15 is 0 Å². The summed E-state index contributed by atoms with van der Waals surface area (Å²) in [4.78, 5) is 13.0. The third-order valence-electron chi connectivity index (χ3n) is 6.48. The van der Waals surface area contributed by atoms with Crippen LogP contribution < -0.4 is 10.2 Å². The smallest absolute Gasteiger partial charge is 0.228 e. The van der Waals surface area contributed by atoms with Gasteiger partial charge in [-0.2, -0.15) is 15.5 Å². The van der Waals surface area contributed by atoms with Crippen molar-refractivity contribution in [2.24, 2.45) is 0 Å². The number of halogens is 1. The minimum Gasteiger partial charge on any atom is -0.394 e. The predicted molar refractivity (Wildman–Crippen MR) is 123 cm³/mol. The fourth-order valence-electron chi connectivity index (χ4n) is 4.37. The van der Waals surface area contributed by atoms with Gasteiger partial charge in [0.05, 0.1) is 29.3 Å². The Balaban J connectivity index is 1.31. The molecule has 1 atom stereocenters. The molecule has 3 aliphatic rings. The van der Waals surface area contributed by atoms with Crippen molar-refractivity contribution in [3.05, 3.63) is 41.6 Å². The van der Waals surface area contributed by atoms with Crippen molar-refractivity contribution in [2.45, 2.75) is 42.8 Å². The number of aromatic nitrogens is 5. The van der Waals surface area contributed by atoms with Crippen LogP contribution in [-0.2, 0) is 19.5 Å². The molecule has 4 heterocycles. The summed E-state index contributed by atoms with van der Waals surface area (Å²) < 4.78 is 15.4. The molecule has 2 N–H and O–H groups in total. The van der Waals surface area contributed by atoms with E-state index in [2.05, 4.69) is 30.9 Å². The molecule has 1 aromatic carbocycles. The van der Waals surface area contributed by atoms with Crippen molar-refractivity contribution >= 4 is 28.1 Å². The zero-order valence-electron chi connectivity index (χ0n) is 17.6. The van der Waals surface area contributed by atoms with Gasteiger partial charge in [-0.15, -0.1) is 10.2 Å². The van der Waals surface area contributed by atoms with Crippen molar-refractivity contribution in [2.75, 3.05) is 29.1 Å². The highest BCUT2D eigenvalue weighted by atomic mass is 32.2. The van der Waals surface area contributed by atoms with Crippen LogP contribution >= 0.6 is 10.5 Å². The average Bonchev–Trinajstić information content (AvgIpc) is 3.29. The number of aliphatic hydroxyl groups is 1. The summed E-state index contributed by atoms with van der Waals surface area (Å²) in [6.07, 6.45) is 2.79. The Hall–Kier alpha value is -2.85. The number of aliphatic hydroxyl groups excluding tert-OH is 1. The van der Waals surface area contributed by atoms with Crippen LogP contribution in [0.5, 0.6) is 0 Å². The number of hydrogen-bond acceptors (Lipinski definition) is 7. The Morgan fingerprint density at radius 2 is 1.97 bits per heavy atom. The van der Waals surface area contributed by atoms with Crippen LogP contribution in [0.4, 0.5) is 16.2 Å². The van der Waals surface area contributed by atoms with E-state index in [1.165, 1.54) is 12.1 Å². The van der Waals surface area contributed by atoms with Crippen molar-refractivity contribution in [1.82, 2.24) is 24.7 Å². The minimum atomic E-state index is -0.268. The molecule has 2 aliphatic heterocycles. The number of hydrogen-bond donors (Lipinski definition) is 2. The van der Waals surface area contributed by atoms with Gasteiger partial charge in [-0.1, -0.05) is 5.87 Å². The zero-order valence-corrected chi connectivity index (χ0v) is 18.4. The maximum Gasteiger partial charge on any atom is 0.228 e. The van der Waals surface area contributed by atoms with Crippen molar-refractivity contribution in [3.63, 3.8) is 0 Å². The molecule has 0 spiro atoms. The molecule has 2 aromatic heterocycles. The molecule has 166 valence electrons. The Kier molecular flexibility index (Phi) is 4.55. The summed E-state index contributed by atoms with van der Waals surface area (Å²) in [6, 6.07) is 6.33. The normalized spacial score (nSPS) is 20.7. The van der Waals surface area contributed by atoms with Gasteiger partial charge in [0.2, 0.25) is 5.95 Å². The molecule has 1 fully saturated rings. The van der Waals surface area contributed by atoms with E-state index in [4.69, 9.17) is 9.97 Å². The lowest BCUT2D eigenvalue weighted by molar-refractivity contribution is 0.265. The quantitative estimate of drug-likeness (QED) is 0.574. The molecule has 1 unspecified atom stereocenters. The van der Waals surface area contributed by atoms with Crippen molar-refractivity contribution in [3.8, 4) is 11.4 Å². The number of nitrogens with zero attached hydrogens (tertiary/aromatic N) is 6. The molecule has 0 radical (unpaired) electrons. The average molecular weight is 454 g/mol. The Bertz CT molecular complexity index is 1220. The molecular weight excluding hydrogens is 429 g/mol. The van der Waals surface area contributed by atoms with Gasteiger partial charge >= 0.3 is 0 Å². The van der Waals surface area contributed by atoms with E-state index in [1.54, 1.807) is 12.1 Å². The molecule has 6 rings (SSSR count). The zero-order chi connectivity index (χ0) is 21.9. The van der Waals surface area contributed by atoms with Crippen LogP contribution in [-0.4, -0.2) is 60.2 Å². The van der Waals surface area contributed by atoms with E-state index < -0.39 is 0 Å². The number of benzene rings is 1. The first-order chi connectivity index (χ1) is 15.5. The number of rotatable bonds is 5. The fraction of sp³-hybridized carbons (Fsp3) is 0.409. The maximum absolute atomic E-state index is 13.3. The summed E-state index contributed by atoms with van der Waals surface area (Å²) in [5.41, 5.74) is 1.65. The minimum absolute atomic E-state index is 0.102. The second kappa shape index (κ2) is 7.35. The fourth-order valence-corrected chi connectivity index (χ4v) is 5.87. The molecule has 1 saturated carbocycles. The highest BCUT2D eigenvalue weighted by Gasteiger charge is 2.43. The molecular formula is C22H24FN7OS. The van der Waals surface area contributed by atoms with E-state index in [-0.39, 0.29) is 28.4 Å². The Morgan fingerprint density at radius 3 is 2.72 bits per heavy atom. The first-order valence-electron chi connectivity index (χ1n) is 10.8. The van der Waals surface area contributed by atoms with Gasteiger partial charge in [0, 0.05) is 18.7 Å². The number of fused-ring (bicyclic) bond motifs is 2. The van der Waals surface area contributed by atoms with Crippen LogP contribution in [0.3, 0.4) is 0 Å². The summed E-state index contributed by atoms with van der Waals surface area (Å²) >= 11 is 0. The third-order valence-corrected chi connectivity index (χ3v) is 8.18. The highest BCUT2D eigenvalue weighted by Crippen LogP contribution is 2.45. The summed E-state index contributed by atoms with van der Waals surface area (Å²) in [5.74, 6) is 8.12.